The van der Waals surface area contributed by atoms with Gasteiger partial charge in [0.05, 0.1) is 5.39 Å². The van der Waals surface area contributed by atoms with Crippen LogP contribution in [0.5, 0.6) is 0 Å². The third-order valence-electron chi connectivity index (χ3n) is 2.57. The van der Waals surface area contributed by atoms with Gasteiger partial charge >= 0.3 is 20.9 Å². The molecule has 0 amide bonds. The third kappa shape index (κ3) is 2.27. The average Bonchev–Trinajstić information content (AvgIpc) is 2.40. The summed E-state index contributed by atoms with van der Waals surface area (Å²) in [5.74, 6) is -15.7. The van der Waals surface area contributed by atoms with Gasteiger partial charge in [0.25, 0.3) is 0 Å². The molecule has 0 aliphatic rings. The molecular formula is C10HBrF8Mg. The van der Waals surface area contributed by atoms with Crippen molar-refractivity contribution in [1.29, 1.82) is 0 Å². The Balaban J connectivity index is 0.00000200. The molecule has 2 aromatic carbocycles. The molecule has 2 aromatic rings. The molecule has 0 saturated heterocycles. The molecule has 0 radical (unpaired) electrons. The van der Waals surface area contributed by atoms with Gasteiger partial charge in [-0.25, -0.2) is 30.7 Å². The predicted molar refractivity (Wildman–Crippen MR) is 60.5 cm³/mol. The van der Waals surface area contributed by atoms with E-state index in [1.807, 2.05) is 0 Å². The van der Waals surface area contributed by atoms with Gasteiger partial charge in [-0.05, 0) is 0 Å². The highest BCUT2D eigenvalue weighted by Gasteiger charge is 2.30. The fourth-order valence-corrected chi connectivity index (χ4v) is 2.43. The Kier molecular flexibility index (Phi) is 5.25. The van der Waals surface area contributed by atoms with Crippen molar-refractivity contribution < 1.29 is 33.7 Å². The van der Waals surface area contributed by atoms with Gasteiger partial charge in [-0.15, -0.1) is 17.0 Å². The van der Waals surface area contributed by atoms with E-state index in [1.165, 1.54) is 0 Å². The van der Waals surface area contributed by atoms with E-state index in [0.717, 1.165) is 0 Å². The van der Waals surface area contributed by atoms with Gasteiger partial charge in [-0.1, -0.05) is 3.69 Å². The first-order valence-electron chi connectivity index (χ1n) is 4.69. The summed E-state index contributed by atoms with van der Waals surface area (Å²) >= 11 is -3.14. The zero-order chi connectivity index (χ0) is 14.5. The van der Waals surface area contributed by atoms with Gasteiger partial charge in [0.2, 0.25) is 0 Å². The van der Waals surface area contributed by atoms with E-state index in [9.17, 15) is 33.7 Å². The largest absolute Gasteiger partial charge is 0.656 e. The molecule has 0 aliphatic heterocycles. The van der Waals surface area contributed by atoms with Crippen LogP contribution in [-0.2, 0) is 0 Å². The maximum absolute atomic E-state index is 13.4. The van der Waals surface area contributed by atoms with Crippen LogP contribution >= 0.6 is 17.0 Å². The summed E-state index contributed by atoms with van der Waals surface area (Å²) in [4.78, 5) is 0. The molecule has 0 heterocycles. The van der Waals surface area contributed by atoms with Gasteiger partial charge in [-0.3, -0.25) is 0 Å². The molecule has 0 nitrogen and oxygen atoms in total. The summed E-state index contributed by atoms with van der Waals surface area (Å²) in [6.45, 7) is 0. The lowest BCUT2D eigenvalue weighted by molar-refractivity contribution is 0.411. The summed E-state index contributed by atoms with van der Waals surface area (Å²) in [7, 11) is 0. The highest BCUT2D eigenvalue weighted by Crippen LogP contribution is 2.30. The molecule has 0 bridgehead atoms. The number of halogens is 9. The molecule has 0 aromatic heterocycles. The molecule has 2 rings (SSSR count). The molecule has 0 unspecified atom stereocenters. The predicted octanol–water partition coefficient (Wildman–Crippen LogP) is 3.61. The van der Waals surface area contributed by atoms with Crippen molar-refractivity contribution in [2.45, 2.75) is 0 Å². The minimum absolute atomic E-state index is 0. The summed E-state index contributed by atoms with van der Waals surface area (Å²) in [6.07, 6.45) is 0. The van der Waals surface area contributed by atoms with Gasteiger partial charge in [0.15, 0.2) is 34.9 Å². The van der Waals surface area contributed by atoms with E-state index in [-0.39, 0.29) is 17.0 Å². The molecule has 0 saturated carbocycles. The van der Waals surface area contributed by atoms with Crippen molar-refractivity contribution >= 4 is 52.4 Å². The van der Waals surface area contributed by atoms with Crippen LogP contribution in [0.4, 0.5) is 33.7 Å². The van der Waals surface area contributed by atoms with E-state index in [1.54, 1.807) is 0 Å². The van der Waals surface area contributed by atoms with Crippen LogP contribution in [0.2, 0.25) is 0 Å². The van der Waals surface area contributed by atoms with Crippen LogP contribution < -0.4 is 3.69 Å². The van der Waals surface area contributed by atoms with E-state index >= 15 is 0 Å². The zero-order valence-corrected chi connectivity index (χ0v) is 12.3. The Morgan fingerprint density at radius 3 is 1.25 bits per heavy atom. The summed E-state index contributed by atoms with van der Waals surface area (Å²) in [5, 5.41) is -3.09. The van der Waals surface area contributed by atoms with Gasteiger partial charge < -0.3 is 2.96 Å². The minimum Gasteiger partial charge on any atom is -0.475 e. The summed E-state index contributed by atoms with van der Waals surface area (Å²) < 4.78 is 104. The Hall–Kier alpha value is -0.614. The summed E-state index contributed by atoms with van der Waals surface area (Å²) in [6, 6.07) is 0. The molecule has 0 spiro atoms. The lowest BCUT2D eigenvalue weighted by atomic mass is 10.1. The van der Waals surface area contributed by atoms with E-state index in [4.69, 9.17) is 0 Å². The van der Waals surface area contributed by atoms with Crippen molar-refractivity contribution in [3.05, 3.63) is 40.7 Å². The molecule has 0 N–H and O–H groups in total. The van der Waals surface area contributed by atoms with Crippen molar-refractivity contribution in [2.75, 3.05) is 0 Å². The fraction of sp³-hybridized carbons (Fsp3) is 0. The SMILES string of the molecule is Br.[F][Mg][c]1c(F)c(F)c(F)c2c(F)c(F)c(F)c(F)c12. The zero-order valence-electron chi connectivity index (χ0n) is 9.14. The van der Waals surface area contributed by atoms with Crippen molar-refractivity contribution in [1.82, 2.24) is 0 Å². The Morgan fingerprint density at radius 2 is 0.850 bits per heavy atom. The van der Waals surface area contributed by atoms with Crippen LogP contribution in [0.1, 0.15) is 0 Å². The smallest absolute Gasteiger partial charge is 0.475 e. The van der Waals surface area contributed by atoms with Gasteiger partial charge in [-0.2, -0.15) is 0 Å². The minimum atomic E-state index is -3.14. The lowest BCUT2D eigenvalue weighted by Crippen LogP contribution is -2.22. The quantitative estimate of drug-likeness (QED) is 0.308. The fourth-order valence-electron chi connectivity index (χ4n) is 1.69. The second-order valence-electron chi connectivity index (χ2n) is 3.56. The molecule has 0 atom stereocenters. The standard InChI is InChI=1S/C10F7.BrH.FH.Mg/c11-3-1-2-4(7(14)6(3)13)8(15)10(17)9(16)5(2)12;;;/h;2*1H;/q;;;+1/p-1. The number of hydrogen-bond acceptors (Lipinski definition) is 0. The van der Waals surface area contributed by atoms with Crippen LogP contribution in [-0.4, -0.2) is 20.9 Å². The molecule has 0 aliphatic carbocycles. The highest BCUT2D eigenvalue weighted by molar-refractivity contribution is 8.93. The van der Waals surface area contributed by atoms with Crippen LogP contribution in [0, 0.1) is 40.7 Å². The Morgan fingerprint density at radius 1 is 0.500 bits per heavy atom. The maximum atomic E-state index is 13.4. The monoisotopic (exact) mass is 376 g/mol. The van der Waals surface area contributed by atoms with Gasteiger partial charge in [0.1, 0.15) is 5.82 Å². The van der Waals surface area contributed by atoms with Crippen LogP contribution in [0.25, 0.3) is 10.8 Å². The van der Waals surface area contributed by atoms with E-state index < -0.39 is 76.1 Å². The highest BCUT2D eigenvalue weighted by atomic mass is 79.9. The van der Waals surface area contributed by atoms with Crippen molar-refractivity contribution in [3.8, 4) is 0 Å². The summed E-state index contributed by atoms with van der Waals surface area (Å²) in [5.41, 5.74) is 0. The maximum Gasteiger partial charge on any atom is 0.656 e. The van der Waals surface area contributed by atoms with E-state index in [0.29, 0.717) is 0 Å². The number of fused-ring (bicyclic) bond motifs is 1. The number of rotatable bonds is 1. The average molecular weight is 377 g/mol. The molecule has 0 fully saturated rings. The van der Waals surface area contributed by atoms with Crippen LogP contribution in [0.3, 0.4) is 0 Å². The molecule has 20 heavy (non-hydrogen) atoms. The van der Waals surface area contributed by atoms with Crippen molar-refractivity contribution in [3.63, 3.8) is 0 Å². The van der Waals surface area contributed by atoms with E-state index in [2.05, 4.69) is 0 Å². The van der Waals surface area contributed by atoms with Gasteiger partial charge in [0, 0.05) is 5.39 Å². The topological polar surface area (TPSA) is 0 Å². The first-order chi connectivity index (χ1) is 8.82. The van der Waals surface area contributed by atoms with Crippen LogP contribution in [0.15, 0.2) is 0 Å². The third-order valence-corrected chi connectivity index (χ3v) is 3.50. The Bertz CT molecular complexity index is 694. The molecular weight excluding hydrogens is 376 g/mol. The first kappa shape index (κ1) is 17.4. The molecule has 10 heteroatoms. The first-order valence-corrected chi connectivity index (χ1v) is 5.94. The lowest BCUT2D eigenvalue weighted by Gasteiger charge is -2.11. The second kappa shape index (κ2) is 6.02. The number of benzene rings is 2. The normalized spacial score (nSPS) is 10.4. The van der Waals surface area contributed by atoms with Crippen molar-refractivity contribution in [2.24, 2.45) is 0 Å². The second-order valence-corrected chi connectivity index (χ2v) is 4.53. The molecule has 106 valence electrons. The Labute approximate surface area is 127 Å². The number of hydrogen-bond donors (Lipinski definition) is 0.